The number of aromatic amines is 1. The highest BCUT2D eigenvalue weighted by molar-refractivity contribution is 6.08. The first-order chi connectivity index (χ1) is 15.0. The number of hydrogen-bond donors (Lipinski definition) is 2. The van der Waals surface area contributed by atoms with Crippen molar-refractivity contribution >= 4 is 17.5 Å². The van der Waals surface area contributed by atoms with Crippen molar-refractivity contribution in [1.82, 2.24) is 10.3 Å². The molecule has 0 unspecified atom stereocenters. The van der Waals surface area contributed by atoms with Gasteiger partial charge in [0, 0.05) is 11.2 Å². The topological polar surface area (TPSA) is 65.2 Å². The van der Waals surface area contributed by atoms with Crippen LogP contribution in [0.3, 0.4) is 0 Å². The number of nitrogens with one attached hydrogen (secondary N) is 2. The van der Waals surface area contributed by atoms with Crippen molar-refractivity contribution in [3.63, 3.8) is 0 Å². The van der Waals surface area contributed by atoms with E-state index in [-0.39, 0.29) is 11.4 Å². The van der Waals surface area contributed by atoms with Crippen LogP contribution in [-0.4, -0.2) is 28.9 Å². The Morgan fingerprint density at radius 1 is 0.906 bits per heavy atom. The van der Waals surface area contributed by atoms with E-state index >= 15 is 0 Å². The molecule has 3 rings (SSSR count). The molecule has 32 heavy (non-hydrogen) atoms. The fourth-order valence-electron chi connectivity index (χ4n) is 3.27. The molecule has 2 aromatic carbocycles. The van der Waals surface area contributed by atoms with E-state index in [9.17, 15) is 22.8 Å². The molecule has 0 fully saturated rings. The molecule has 5 nitrogen and oxygen atoms in total. The maximum absolute atomic E-state index is 13.7. The van der Waals surface area contributed by atoms with Gasteiger partial charge in [0.25, 0.3) is 5.91 Å². The predicted octanol–water partition coefficient (Wildman–Crippen LogP) is 5.26. The Morgan fingerprint density at radius 3 is 2.16 bits per heavy atom. The Labute approximate surface area is 184 Å². The minimum Gasteiger partial charge on any atom is -0.351 e. The highest BCUT2D eigenvalue weighted by Crippen LogP contribution is 2.37. The van der Waals surface area contributed by atoms with Crippen molar-refractivity contribution < 1.29 is 22.8 Å². The van der Waals surface area contributed by atoms with Crippen molar-refractivity contribution in [3.05, 3.63) is 78.0 Å². The molecule has 0 saturated carbocycles. The van der Waals surface area contributed by atoms with Crippen LogP contribution in [-0.2, 0) is 11.0 Å². The summed E-state index contributed by atoms with van der Waals surface area (Å²) in [5.74, 6) is -1.31. The lowest BCUT2D eigenvalue weighted by atomic mass is 10.1. The Kier molecular flexibility index (Phi) is 6.43. The monoisotopic (exact) mass is 443 g/mol. The summed E-state index contributed by atoms with van der Waals surface area (Å²) >= 11 is 0. The molecule has 1 aromatic heterocycles. The molecule has 0 spiro atoms. The van der Waals surface area contributed by atoms with Crippen molar-refractivity contribution in [3.8, 4) is 11.3 Å². The predicted molar refractivity (Wildman–Crippen MR) is 117 cm³/mol. The van der Waals surface area contributed by atoms with E-state index in [1.165, 1.54) is 24.3 Å². The number of aromatic nitrogens is 1. The van der Waals surface area contributed by atoms with Gasteiger partial charge in [0.1, 0.15) is 12.2 Å². The molecular weight excluding hydrogens is 419 g/mol. The number of rotatable bonds is 5. The third-order valence-corrected chi connectivity index (χ3v) is 4.56. The third kappa shape index (κ3) is 5.57. The molecule has 8 heteroatoms. The maximum Gasteiger partial charge on any atom is 0.418 e. The van der Waals surface area contributed by atoms with Gasteiger partial charge in [-0.05, 0) is 50.6 Å². The second-order valence-corrected chi connectivity index (χ2v) is 8.36. The average molecular weight is 443 g/mol. The molecule has 0 bridgehead atoms. The van der Waals surface area contributed by atoms with Crippen LogP contribution in [0.4, 0.5) is 18.9 Å². The largest absolute Gasteiger partial charge is 0.418 e. The van der Waals surface area contributed by atoms with E-state index in [2.05, 4.69) is 10.3 Å². The number of alkyl halides is 3. The minimum absolute atomic E-state index is 0.0735. The summed E-state index contributed by atoms with van der Waals surface area (Å²) in [5.41, 5.74) is -0.458. The van der Waals surface area contributed by atoms with Crippen molar-refractivity contribution in [1.29, 1.82) is 0 Å². The number of anilines is 1. The number of carbonyl (C=O) groups excluding carboxylic acids is 2. The van der Waals surface area contributed by atoms with Crippen LogP contribution >= 0.6 is 0 Å². The molecule has 3 aromatic rings. The number of amides is 2. The highest BCUT2D eigenvalue weighted by Gasteiger charge is 2.37. The molecule has 0 radical (unpaired) electrons. The van der Waals surface area contributed by atoms with Gasteiger partial charge in [-0.15, -0.1) is 0 Å². The normalized spacial score (nSPS) is 11.8. The van der Waals surface area contributed by atoms with Gasteiger partial charge in [-0.3, -0.25) is 14.5 Å². The van der Waals surface area contributed by atoms with Crippen LogP contribution in [0.1, 0.15) is 36.8 Å². The summed E-state index contributed by atoms with van der Waals surface area (Å²) in [6.07, 6.45) is -4.69. The minimum atomic E-state index is -4.69. The van der Waals surface area contributed by atoms with E-state index in [1.54, 1.807) is 26.8 Å². The Balaban J connectivity index is 2.01. The molecule has 0 atom stereocenters. The summed E-state index contributed by atoms with van der Waals surface area (Å²) in [5, 5.41) is 2.69. The molecule has 168 valence electrons. The van der Waals surface area contributed by atoms with Gasteiger partial charge < -0.3 is 10.3 Å². The van der Waals surface area contributed by atoms with Crippen LogP contribution in [0.5, 0.6) is 0 Å². The first kappa shape index (κ1) is 23.1. The smallest absolute Gasteiger partial charge is 0.351 e. The Bertz CT molecular complexity index is 1100. The van der Waals surface area contributed by atoms with Crippen molar-refractivity contribution in [2.45, 2.75) is 32.5 Å². The number of carbonyl (C=O) groups is 2. The van der Waals surface area contributed by atoms with E-state index in [0.717, 1.165) is 16.5 Å². The summed E-state index contributed by atoms with van der Waals surface area (Å²) in [7, 11) is 0. The zero-order chi connectivity index (χ0) is 23.5. The van der Waals surface area contributed by atoms with E-state index in [1.807, 2.05) is 30.3 Å². The molecular formula is C24H24F3N3O2. The van der Waals surface area contributed by atoms with E-state index in [0.29, 0.717) is 5.69 Å². The van der Waals surface area contributed by atoms with Gasteiger partial charge in [-0.1, -0.05) is 42.5 Å². The van der Waals surface area contributed by atoms with Crippen LogP contribution in [0.2, 0.25) is 0 Å². The van der Waals surface area contributed by atoms with Crippen LogP contribution in [0.25, 0.3) is 11.3 Å². The molecule has 0 aliphatic carbocycles. The first-order valence-corrected chi connectivity index (χ1v) is 9.99. The van der Waals surface area contributed by atoms with Gasteiger partial charge >= 0.3 is 6.18 Å². The third-order valence-electron chi connectivity index (χ3n) is 4.56. The van der Waals surface area contributed by atoms with Gasteiger partial charge in [-0.25, -0.2) is 0 Å². The Hall–Kier alpha value is -3.55. The van der Waals surface area contributed by atoms with E-state index in [4.69, 9.17) is 0 Å². The molecule has 0 aliphatic heterocycles. The summed E-state index contributed by atoms with van der Waals surface area (Å²) in [6, 6.07) is 17.1. The molecule has 2 N–H and O–H groups in total. The highest BCUT2D eigenvalue weighted by atomic mass is 19.4. The van der Waals surface area contributed by atoms with Gasteiger partial charge in [-0.2, -0.15) is 13.2 Å². The van der Waals surface area contributed by atoms with Crippen LogP contribution < -0.4 is 10.2 Å². The fourth-order valence-corrected chi connectivity index (χ4v) is 3.27. The number of H-pyrrole nitrogens is 1. The van der Waals surface area contributed by atoms with Gasteiger partial charge in [0.2, 0.25) is 5.91 Å². The molecule has 2 amide bonds. The lowest BCUT2D eigenvalue weighted by molar-refractivity contribution is -0.137. The first-order valence-electron chi connectivity index (χ1n) is 9.99. The average Bonchev–Trinajstić information content (AvgIpc) is 3.20. The number of benzene rings is 2. The van der Waals surface area contributed by atoms with Crippen LogP contribution in [0, 0.1) is 0 Å². The number of nitrogens with zero attached hydrogens (tertiary/aromatic N) is 1. The molecule has 0 saturated heterocycles. The van der Waals surface area contributed by atoms with Crippen molar-refractivity contribution in [2.24, 2.45) is 0 Å². The van der Waals surface area contributed by atoms with Gasteiger partial charge in [0.15, 0.2) is 0 Å². The van der Waals surface area contributed by atoms with Crippen molar-refractivity contribution in [2.75, 3.05) is 11.4 Å². The standard InChI is InChI=1S/C24H24F3N3O2/c1-23(2,3)29-21(31)15-30(20-12-8-7-11-17(20)24(25,26)27)22(32)19-14-13-18(28-19)16-9-5-4-6-10-16/h4-14,28H,15H2,1-3H3,(H,29,31). The summed E-state index contributed by atoms with van der Waals surface area (Å²) in [6.45, 7) is 4.68. The zero-order valence-corrected chi connectivity index (χ0v) is 18.0. The second-order valence-electron chi connectivity index (χ2n) is 8.36. The lowest BCUT2D eigenvalue weighted by Crippen LogP contribution is -2.48. The number of halogens is 3. The fraction of sp³-hybridized carbons (Fsp3) is 0.250. The zero-order valence-electron chi connectivity index (χ0n) is 18.0. The Morgan fingerprint density at radius 2 is 1.53 bits per heavy atom. The molecule has 0 aliphatic rings. The second kappa shape index (κ2) is 8.90. The van der Waals surface area contributed by atoms with E-state index < -0.39 is 35.6 Å². The number of hydrogen-bond acceptors (Lipinski definition) is 2. The lowest BCUT2D eigenvalue weighted by Gasteiger charge is -2.27. The number of para-hydroxylation sites is 1. The van der Waals surface area contributed by atoms with Crippen LogP contribution in [0.15, 0.2) is 66.7 Å². The summed E-state index contributed by atoms with van der Waals surface area (Å²) < 4.78 is 41.0. The SMILES string of the molecule is CC(C)(C)NC(=O)CN(C(=O)c1ccc(-c2ccccc2)[nH]1)c1ccccc1C(F)(F)F. The quantitative estimate of drug-likeness (QED) is 0.565. The summed E-state index contributed by atoms with van der Waals surface area (Å²) in [4.78, 5) is 29.7. The van der Waals surface area contributed by atoms with Gasteiger partial charge in [0.05, 0.1) is 11.3 Å². The molecule has 1 heterocycles. The maximum atomic E-state index is 13.7.